The van der Waals surface area contributed by atoms with Gasteiger partial charge < -0.3 is 14.6 Å². The van der Waals surface area contributed by atoms with Crippen molar-refractivity contribution in [3.63, 3.8) is 0 Å². The van der Waals surface area contributed by atoms with Gasteiger partial charge in [0.25, 0.3) is 0 Å². The second kappa shape index (κ2) is 6.17. The van der Waals surface area contributed by atoms with Gasteiger partial charge in [-0.2, -0.15) is 0 Å². The molecule has 0 unspecified atom stereocenters. The Kier molecular flexibility index (Phi) is 4.86. The molecule has 1 aromatic rings. The highest BCUT2D eigenvalue weighted by Crippen LogP contribution is 2.23. The topological polar surface area (TPSA) is 38.7 Å². The Morgan fingerprint density at radius 3 is 2.35 bits per heavy atom. The summed E-state index contributed by atoms with van der Waals surface area (Å²) in [6.07, 6.45) is 5.69. The van der Waals surface area contributed by atoms with Gasteiger partial charge in [-0.15, -0.1) is 6.42 Å². The largest absolute Gasteiger partial charge is 0.488 e. The van der Waals surface area contributed by atoms with Gasteiger partial charge in [0.15, 0.2) is 0 Å². The summed E-state index contributed by atoms with van der Waals surface area (Å²) in [6.45, 7) is 4.24. The highest BCUT2D eigenvalue weighted by Gasteiger charge is 2.18. The third-order valence-corrected chi connectivity index (χ3v) is 2.25. The summed E-state index contributed by atoms with van der Waals surface area (Å²) in [5, 5.41) is 8.90. The second-order valence-electron chi connectivity index (χ2n) is 4.30. The molecule has 0 heterocycles. The van der Waals surface area contributed by atoms with Crippen LogP contribution in [-0.4, -0.2) is 23.9 Å². The molecule has 0 fully saturated rings. The number of benzene rings is 1. The van der Waals surface area contributed by atoms with Crippen molar-refractivity contribution in [2.75, 3.05) is 13.2 Å². The fraction of sp³-hybridized carbons (Fsp3) is 0.429. The molecule has 1 aromatic carbocycles. The molecule has 0 saturated heterocycles. The summed E-state index contributed by atoms with van der Waals surface area (Å²) in [4.78, 5) is 0. The van der Waals surface area contributed by atoms with Crippen molar-refractivity contribution < 1.29 is 14.6 Å². The van der Waals surface area contributed by atoms with Crippen LogP contribution in [0, 0.1) is 12.3 Å². The van der Waals surface area contributed by atoms with Crippen LogP contribution >= 0.6 is 0 Å². The minimum absolute atomic E-state index is 0.108. The van der Waals surface area contributed by atoms with Crippen molar-refractivity contribution in [1.82, 2.24) is 0 Å². The first kappa shape index (κ1) is 13.4. The monoisotopic (exact) mass is 234 g/mol. The van der Waals surface area contributed by atoms with Crippen LogP contribution in [-0.2, 0) is 0 Å². The van der Waals surface area contributed by atoms with E-state index in [4.69, 9.17) is 21.0 Å². The minimum Gasteiger partial charge on any atom is -0.488 e. The molecule has 3 heteroatoms. The first-order valence-electron chi connectivity index (χ1n) is 5.53. The third kappa shape index (κ3) is 4.80. The van der Waals surface area contributed by atoms with Crippen molar-refractivity contribution in [3.8, 4) is 23.8 Å². The molecule has 0 bridgehead atoms. The van der Waals surface area contributed by atoms with E-state index in [1.165, 1.54) is 0 Å². The Balaban J connectivity index is 2.59. The molecular weight excluding hydrogens is 216 g/mol. The molecule has 0 amide bonds. The van der Waals surface area contributed by atoms with Crippen LogP contribution in [0.3, 0.4) is 0 Å². The Bertz CT molecular complexity index is 373. The molecule has 0 aromatic heterocycles. The lowest BCUT2D eigenvalue weighted by Gasteiger charge is -2.25. The molecule has 0 radical (unpaired) electrons. The molecule has 17 heavy (non-hydrogen) atoms. The number of terminal acetylenes is 1. The van der Waals surface area contributed by atoms with E-state index in [0.29, 0.717) is 6.42 Å². The van der Waals surface area contributed by atoms with Crippen molar-refractivity contribution in [2.45, 2.75) is 25.9 Å². The standard InChI is InChI=1S/C14H18O3/c1-4-11-16-12-5-7-13(8-6-12)17-14(2,3)9-10-15/h1,5-8,15H,9-11H2,2-3H3. The summed E-state index contributed by atoms with van der Waals surface area (Å²) in [5.74, 6) is 3.87. The Hall–Kier alpha value is -1.66. The number of hydrogen-bond acceptors (Lipinski definition) is 3. The first-order valence-corrected chi connectivity index (χ1v) is 5.53. The van der Waals surface area contributed by atoms with Crippen LogP contribution in [0.25, 0.3) is 0 Å². The maximum atomic E-state index is 8.90. The van der Waals surface area contributed by atoms with Crippen molar-refractivity contribution >= 4 is 0 Å². The van der Waals surface area contributed by atoms with Gasteiger partial charge in [-0.3, -0.25) is 0 Å². The lowest BCUT2D eigenvalue weighted by molar-refractivity contribution is 0.0764. The second-order valence-corrected chi connectivity index (χ2v) is 4.30. The van der Waals surface area contributed by atoms with E-state index in [1.807, 2.05) is 38.1 Å². The molecule has 0 aliphatic heterocycles. The number of hydrogen-bond donors (Lipinski definition) is 1. The fourth-order valence-electron chi connectivity index (χ4n) is 1.37. The van der Waals surface area contributed by atoms with E-state index in [0.717, 1.165) is 11.5 Å². The zero-order valence-corrected chi connectivity index (χ0v) is 10.3. The molecule has 0 aliphatic rings. The number of ether oxygens (including phenoxy) is 2. The lowest BCUT2D eigenvalue weighted by Crippen LogP contribution is -2.29. The molecule has 0 saturated carbocycles. The Labute approximate surface area is 102 Å². The van der Waals surface area contributed by atoms with E-state index in [9.17, 15) is 0 Å². The quantitative estimate of drug-likeness (QED) is 0.767. The van der Waals surface area contributed by atoms with Crippen LogP contribution < -0.4 is 9.47 Å². The summed E-state index contributed by atoms with van der Waals surface area (Å²) < 4.78 is 11.0. The van der Waals surface area contributed by atoms with Gasteiger partial charge in [-0.1, -0.05) is 5.92 Å². The van der Waals surface area contributed by atoms with E-state index in [1.54, 1.807) is 0 Å². The van der Waals surface area contributed by atoms with Crippen molar-refractivity contribution in [2.24, 2.45) is 0 Å². The number of rotatable bonds is 6. The van der Waals surface area contributed by atoms with Gasteiger partial charge in [0.1, 0.15) is 23.7 Å². The predicted octanol–water partition coefficient (Wildman–Crippen LogP) is 2.24. The van der Waals surface area contributed by atoms with E-state index >= 15 is 0 Å². The zero-order chi connectivity index (χ0) is 12.7. The van der Waals surface area contributed by atoms with E-state index in [-0.39, 0.29) is 18.8 Å². The van der Waals surface area contributed by atoms with Gasteiger partial charge in [-0.05, 0) is 38.1 Å². The SMILES string of the molecule is C#CCOc1ccc(OC(C)(C)CCO)cc1. The predicted molar refractivity (Wildman–Crippen MR) is 67.2 cm³/mol. The molecule has 0 aliphatic carbocycles. The van der Waals surface area contributed by atoms with Crippen LogP contribution in [0.1, 0.15) is 20.3 Å². The molecule has 1 N–H and O–H groups in total. The normalized spacial score (nSPS) is 10.7. The van der Waals surface area contributed by atoms with Crippen LogP contribution in [0.2, 0.25) is 0 Å². The van der Waals surface area contributed by atoms with Crippen molar-refractivity contribution in [3.05, 3.63) is 24.3 Å². The van der Waals surface area contributed by atoms with E-state index < -0.39 is 0 Å². The van der Waals surface area contributed by atoms with Gasteiger partial charge in [-0.25, -0.2) is 0 Å². The molecule has 0 spiro atoms. The van der Waals surface area contributed by atoms with Gasteiger partial charge in [0.2, 0.25) is 0 Å². The number of aliphatic hydroxyl groups excluding tert-OH is 1. The van der Waals surface area contributed by atoms with Gasteiger partial charge in [0, 0.05) is 13.0 Å². The van der Waals surface area contributed by atoms with Crippen LogP contribution in [0.15, 0.2) is 24.3 Å². The summed E-state index contributed by atoms with van der Waals surface area (Å²) in [5.41, 5.74) is -0.379. The first-order chi connectivity index (χ1) is 8.07. The molecule has 1 rings (SSSR count). The summed E-state index contributed by atoms with van der Waals surface area (Å²) in [6, 6.07) is 7.26. The molecule has 92 valence electrons. The van der Waals surface area contributed by atoms with Crippen molar-refractivity contribution in [1.29, 1.82) is 0 Å². The lowest BCUT2D eigenvalue weighted by atomic mass is 10.1. The Morgan fingerprint density at radius 2 is 1.82 bits per heavy atom. The van der Waals surface area contributed by atoms with Gasteiger partial charge >= 0.3 is 0 Å². The summed E-state index contributed by atoms with van der Waals surface area (Å²) >= 11 is 0. The smallest absolute Gasteiger partial charge is 0.148 e. The highest BCUT2D eigenvalue weighted by atomic mass is 16.5. The van der Waals surface area contributed by atoms with Gasteiger partial charge in [0.05, 0.1) is 0 Å². The number of aliphatic hydroxyl groups is 1. The highest BCUT2D eigenvalue weighted by molar-refractivity contribution is 5.31. The minimum atomic E-state index is -0.379. The molecule has 3 nitrogen and oxygen atoms in total. The summed E-state index contributed by atoms with van der Waals surface area (Å²) in [7, 11) is 0. The maximum absolute atomic E-state index is 8.90. The molecular formula is C14H18O3. The van der Waals surface area contributed by atoms with Crippen LogP contribution in [0.5, 0.6) is 11.5 Å². The Morgan fingerprint density at radius 1 is 1.24 bits per heavy atom. The fourth-order valence-corrected chi connectivity index (χ4v) is 1.37. The average Bonchev–Trinajstić information content (AvgIpc) is 2.27. The zero-order valence-electron chi connectivity index (χ0n) is 10.3. The third-order valence-electron chi connectivity index (χ3n) is 2.25. The molecule has 0 atom stereocenters. The van der Waals surface area contributed by atoms with Crippen LogP contribution in [0.4, 0.5) is 0 Å². The average molecular weight is 234 g/mol. The maximum Gasteiger partial charge on any atom is 0.148 e. The van der Waals surface area contributed by atoms with E-state index in [2.05, 4.69) is 5.92 Å².